The fourth-order valence-corrected chi connectivity index (χ4v) is 4.23. The standard InChI is InChI=1S/C32H48O3/c1-5-7-8-9-10-14-25-34-31-23-21-30(22-24-31)29-19-17-28(18-20-29)27(4)35-32(33)16-13-11-12-15-26(3)6-2/h17-24,26-27H,5-16,25H2,1-4H3. The molecule has 2 atom stereocenters. The van der Waals surface area contributed by atoms with Crippen LogP contribution in [0.2, 0.25) is 0 Å². The number of ether oxygens (including phenoxy) is 2. The van der Waals surface area contributed by atoms with E-state index in [2.05, 4.69) is 57.2 Å². The van der Waals surface area contributed by atoms with Crippen LogP contribution in [0, 0.1) is 5.92 Å². The van der Waals surface area contributed by atoms with E-state index >= 15 is 0 Å². The van der Waals surface area contributed by atoms with Gasteiger partial charge in [0, 0.05) is 6.42 Å². The number of rotatable bonds is 18. The summed E-state index contributed by atoms with van der Waals surface area (Å²) in [6, 6.07) is 16.6. The molecule has 0 saturated heterocycles. The Labute approximate surface area is 214 Å². The maximum Gasteiger partial charge on any atom is 0.306 e. The lowest BCUT2D eigenvalue weighted by Gasteiger charge is -2.14. The van der Waals surface area contributed by atoms with Crippen LogP contribution in [0.5, 0.6) is 5.75 Å². The molecule has 2 unspecified atom stereocenters. The Morgan fingerprint density at radius 3 is 2.00 bits per heavy atom. The molecule has 0 spiro atoms. The van der Waals surface area contributed by atoms with Gasteiger partial charge in [0.25, 0.3) is 0 Å². The fraction of sp³-hybridized carbons (Fsp3) is 0.594. The Hall–Kier alpha value is -2.29. The monoisotopic (exact) mass is 480 g/mol. The number of hydrogen-bond acceptors (Lipinski definition) is 3. The normalized spacial score (nSPS) is 12.8. The smallest absolute Gasteiger partial charge is 0.306 e. The number of esters is 1. The van der Waals surface area contributed by atoms with E-state index in [9.17, 15) is 4.79 Å². The van der Waals surface area contributed by atoms with Crippen molar-refractivity contribution in [1.82, 2.24) is 0 Å². The SMILES string of the molecule is CCCCCCCCOc1ccc(-c2ccc(C(C)OC(=O)CCCCCC(C)CC)cc2)cc1. The largest absolute Gasteiger partial charge is 0.494 e. The lowest BCUT2D eigenvalue weighted by atomic mass is 10.0. The first-order valence-electron chi connectivity index (χ1n) is 14.1. The first-order chi connectivity index (χ1) is 17.0. The van der Waals surface area contributed by atoms with Gasteiger partial charge in [0.15, 0.2) is 0 Å². The van der Waals surface area contributed by atoms with Crippen molar-refractivity contribution in [1.29, 1.82) is 0 Å². The molecule has 0 aliphatic heterocycles. The Morgan fingerprint density at radius 2 is 1.34 bits per heavy atom. The third kappa shape index (κ3) is 11.8. The second kappa shape index (κ2) is 17.2. The summed E-state index contributed by atoms with van der Waals surface area (Å²) in [6.45, 7) is 9.51. The molecular weight excluding hydrogens is 432 g/mol. The van der Waals surface area contributed by atoms with Gasteiger partial charge in [0.2, 0.25) is 0 Å². The minimum Gasteiger partial charge on any atom is -0.494 e. The van der Waals surface area contributed by atoms with Crippen molar-refractivity contribution in [2.75, 3.05) is 6.61 Å². The molecular formula is C32H48O3. The molecule has 0 aliphatic rings. The zero-order valence-corrected chi connectivity index (χ0v) is 22.7. The van der Waals surface area contributed by atoms with Crippen molar-refractivity contribution in [3.8, 4) is 16.9 Å². The topological polar surface area (TPSA) is 35.5 Å². The van der Waals surface area contributed by atoms with E-state index in [1.54, 1.807) is 0 Å². The van der Waals surface area contributed by atoms with Crippen molar-refractivity contribution in [2.24, 2.45) is 5.92 Å². The van der Waals surface area contributed by atoms with Gasteiger partial charge in [-0.15, -0.1) is 0 Å². The van der Waals surface area contributed by atoms with E-state index in [-0.39, 0.29) is 12.1 Å². The number of carbonyl (C=O) groups excluding carboxylic acids is 1. The molecule has 2 aromatic rings. The molecule has 194 valence electrons. The van der Waals surface area contributed by atoms with Crippen molar-refractivity contribution >= 4 is 5.97 Å². The summed E-state index contributed by atoms with van der Waals surface area (Å²) in [5, 5.41) is 0. The zero-order chi connectivity index (χ0) is 25.3. The van der Waals surface area contributed by atoms with Crippen molar-refractivity contribution in [3.05, 3.63) is 54.1 Å². The van der Waals surface area contributed by atoms with E-state index in [4.69, 9.17) is 9.47 Å². The van der Waals surface area contributed by atoms with Crippen LogP contribution >= 0.6 is 0 Å². The Bertz CT molecular complexity index is 810. The maximum absolute atomic E-state index is 12.2. The van der Waals surface area contributed by atoms with Crippen molar-refractivity contribution in [2.45, 2.75) is 111 Å². The average molecular weight is 481 g/mol. The molecule has 2 aromatic carbocycles. The van der Waals surface area contributed by atoms with Gasteiger partial charge in [-0.3, -0.25) is 4.79 Å². The van der Waals surface area contributed by atoms with Crippen LogP contribution < -0.4 is 4.74 Å². The third-order valence-electron chi connectivity index (χ3n) is 6.92. The molecule has 0 saturated carbocycles. The lowest BCUT2D eigenvalue weighted by molar-refractivity contribution is -0.148. The predicted octanol–water partition coefficient (Wildman–Crippen LogP) is 9.69. The van der Waals surface area contributed by atoms with Crippen molar-refractivity contribution in [3.63, 3.8) is 0 Å². The highest BCUT2D eigenvalue weighted by atomic mass is 16.5. The quantitative estimate of drug-likeness (QED) is 0.157. The first-order valence-corrected chi connectivity index (χ1v) is 14.1. The number of hydrogen-bond donors (Lipinski definition) is 0. The summed E-state index contributed by atoms with van der Waals surface area (Å²) < 4.78 is 11.6. The summed E-state index contributed by atoms with van der Waals surface area (Å²) in [4.78, 5) is 12.2. The second-order valence-corrected chi connectivity index (χ2v) is 10.0. The summed E-state index contributed by atoms with van der Waals surface area (Å²) in [5.41, 5.74) is 3.33. The van der Waals surface area contributed by atoms with Crippen LogP contribution in [-0.2, 0) is 9.53 Å². The molecule has 0 aromatic heterocycles. The molecule has 3 heteroatoms. The molecule has 0 heterocycles. The van der Waals surface area contributed by atoms with Crippen LogP contribution in [0.3, 0.4) is 0 Å². The van der Waals surface area contributed by atoms with E-state index < -0.39 is 0 Å². The van der Waals surface area contributed by atoms with Gasteiger partial charge in [0.1, 0.15) is 11.9 Å². The van der Waals surface area contributed by atoms with Crippen LogP contribution in [0.25, 0.3) is 11.1 Å². The molecule has 2 rings (SSSR count). The van der Waals surface area contributed by atoms with E-state index in [1.165, 1.54) is 51.4 Å². The number of unbranched alkanes of at least 4 members (excludes halogenated alkanes) is 7. The van der Waals surface area contributed by atoms with Gasteiger partial charge < -0.3 is 9.47 Å². The highest BCUT2D eigenvalue weighted by molar-refractivity contribution is 5.69. The van der Waals surface area contributed by atoms with Gasteiger partial charge in [-0.05, 0) is 54.5 Å². The first kappa shape index (κ1) is 28.9. The lowest BCUT2D eigenvalue weighted by Crippen LogP contribution is -2.08. The van der Waals surface area contributed by atoms with Gasteiger partial charge in [-0.25, -0.2) is 0 Å². The molecule has 0 aliphatic carbocycles. The minimum atomic E-state index is -0.227. The van der Waals surface area contributed by atoms with Crippen molar-refractivity contribution < 1.29 is 14.3 Å². The van der Waals surface area contributed by atoms with Crippen LogP contribution in [-0.4, -0.2) is 12.6 Å². The van der Waals surface area contributed by atoms with E-state index in [0.29, 0.717) is 6.42 Å². The van der Waals surface area contributed by atoms with E-state index in [1.807, 2.05) is 19.1 Å². The van der Waals surface area contributed by atoms with Gasteiger partial charge in [-0.1, -0.05) is 115 Å². The predicted molar refractivity (Wildman–Crippen MR) is 148 cm³/mol. The van der Waals surface area contributed by atoms with Crippen LogP contribution in [0.1, 0.15) is 116 Å². The highest BCUT2D eigenvalue weighted by Crippen LogP contribution is 2.26. The average Bonchev–Trinajstić information content (AvgIpc) is 2.88. The highest BCUT2D eigenvalue weighted by Gasteiger charge is 2.12. The second-order valence-electron chi connectivity index (χ2n) is 10.0. The van der Waals surface area contributed by atoms with Crippen LogP contribution in [0.15, 0.2) is 48.5 Å². The van der Waals surface area contributed by atoms with Crippen LogP contribution in [0.4, 0.5) is 0 Å². The molecule has 0 N–H and O–H groups in total. The molecule has 0 fully saturated rings. The zero-order valence-electron chi connectivity index (χ0n) is 22.7. The Kier molecular flexibility index (Phi) is 14.2. The summed E-state index contributed by atoms with van der Waals surface area (Å²) in [7, 11) is 0. The van der Waals surface area contributed by atoms with Gasteiger partial charge in [-0.2, -0.15) is 0 Å². The van der Waals surface area contributed by atoms with Gasteiger partial charge in [0.05, 0.1) is 6.61 Å². The molecule has 3 nitrogen and oxygen atoms in total. The Balaban J connectivity index is 1.71. The molecule has 35 heavy (non-hydrogen) atoms. The Morgan fingerprint density at radius 1 is 0.743 bits per heavy atom. The maximum atomic E-state index is 12.2. The number of carbonyl (C=O) groups is 1. The third-order valence-corrected chi connectivity index (χ3v) is 6.92. The fourth-order valence-electron chi connectivity index (χ4n) is 4.23. The van der Waals surface area contributed by atoms with Gasteiger partial charge >= 0.3 is 5.97 Å². The molecule has 0 radical (unpaired) electrons. The molecule has 0 amide bonds. The molecule has 0 bridgehead atoms. The summed E-state index contributed by atoms with van der Waals surface area (Å²) in [6.07, 6.45) is 13.6. The summed E-state index contributed by atoms with van der Waals surface area (Å²) >= 11 is 0. The number of benzene rings is 2. The summed E-state index contributed by atoms with van der Waals surface area (Å²) in [5.74, 6) is 1.62. The minimum absolute atomic E-state index is 0.0957. The van der Waals surface area contributed by atoms with E-state index in [0.717, 1.165) is 54.2 Å².